The normalized spacial score (nSPS) is 18.9. The molecule has 0 saturated carbocycles. The molecule has 1 aromatic heterocycles. The number of likely N-dealkylation sites (tertiary alicyclic amines) is 2. The van der Waals surface area contributed by atoms with Gasteiger partial charge in [0.05, 0.1) is 38.2 Å². The number of rotatable bonds is 11. The monoisotopic (exact) mass is 835 g/mol. The number of alkyl carbamates (subject to hydrolysis) is 2. The highest BCUT2D eigenvalue weighted by molar-refractivity contribution is 6.04. The lowest BCUT2D eigenvalue weighted by molar-refractivity contribution is -0.138. The molecule has 8 rings (SSSR count). The molecule has 0 radical (unpaired) electrons. The van der Waals surface area contributed by atoms with Crippen LogP contribution in [-0.4, -0.2) is 88.9 Å². The summed E-state index contributed by atoms with van der Waals surface area (Å²) < 4.78 is 9.69. The molecule has 3 aliphatic heterocycles. The molecule has 2 fully saturated rings. The Morgan fingerprint density at radius 3 is 2.10 bits per heavy atom. The standard InChI is InChI=1S/C49H53N7O6/c1-30(2)43(53-47(59)61-4)45(57)55-23-10-14-42(55)44-51-29-40(52-44)36-22-21-34-25-33(19-20-35(34)26-36)31-15-17-32(18-16-31)37-27-39(50-28-37)41-13-9-24-56(41)46(58)49(3,54-48(60)62-5)38-11-7-6-8-12-38/h6-8,11-12,15-22,25-26,28-30,41-43H,9-10,13-14,23-24,27H2,1-5H3,(H,51,52)(H,53,59)(H,54,60)/t41-,42-,43-,49+/m0/s1. The Labute approximate surface area is 361 Å². The second-order valence-electron chi connectivity index (χ2n) is 16.8. The van der Waals surface area contributed by atoms with Crippen LogP contribution in [0, 0.1) is 5.92 Å². The highest BCUT2D eigenvalue weighted by atomic mass is 16.5. The van der Waals surface area contributed by atoms with E-state index in [0.29, 0.717) is 25.1 Å². The number of nitrogens with one attached hydrogen (secondary N) is 3. The molecule has 0 spiro atoms. The Bertz CT molecular complexity index is 2550. The topological polar surface area (TPSA) is 158 Å². The van der Waals surface area contributed by atoms with Crippen molar-refractivity contribution in [2.24, 2.45) is 10.9 Å². The molecular weight excluding hydrogens is 783 g/mol. The molecule has 4 amide bonds. The van der Waals surface area contributed by atoms with E-state index in [1.54, 1.807) is 6.92 Å². The number of H-pyrrole nitrogens is 1. The van der Waals surface area contributed by atoms with E-state index < -0.39 is 23.8 Å². The summed E-state index contributed by atoms with van der Waals surface area (Å²) in [5.41, 5.74) is 6.58. The lowest BCUT2D eigenvalue weighted by Gasteiger charge is -2.36. The number of aromatic amines is 1. The minimum atomic E-state index is -1.30. The number of benzene rings is 4. The van der Waals surface area contributed by atoms with Crippen LogP contribution in [0.5, 0.6) is 0 Å². The largest absolute Gasteiger partial charge is 0.453 e. The lowest BCUT2D eigenvalue weighted by atomic mass is 9.89. The van der Waals surface area contributed by atoms with Crippen molar-refractivity contribution in [2.45, 2.75) is 76.5 Å². The number of nitrogens with zero attached hydrogens (tertiary/aromatic N) is 4. The van der Waals surface area contributed by atoms with Crippen molar-refractivity contribution in [3.63, 3.8) is 0 Å². The van der Waals surface area contributed by atoms with Gasteiger partial charge in [0, 0.05) is 37.0 Å². The van der Waals surface area contributed by atoms with Gasteiger partial charge in [-0.1, -0.05) is 92.7 Å². The summed E-state index contributed by atoms with van der Waals surface area (Å²) in [6, 6.07) is 29.6. The molecule has 13 heteroatoms. The zero-order valence-electron chi connectivity index (χ0n) is 35.8. The molecular formula is C49H53N7O6. The highest BCUT2D eigenvalue weighted by Crippen LogP contribution is 2.36. The summed E-state index contributed by atoms with van der Waals surface area (Å²) in [5, 5.41) is 7.72. The van der Waals surface area contributed by atoms with Gasteiger partial charge in [-0.05, 0) is 89.3 Å². The summed E-state index contributed by atoms with van der Waals surface area (Å²) in [6.07, 6.45) is 6.38. The third-order valence-electron chi connectivity index (χ3n) is 12.6. The highest BCUT2D eigenvalue weighted by Gasteiger charge is 2.45. The lowest BCUT2D eigenvalue weighted by Crippen LogP contribution is -2.57. The van der Waals surface area contributed by atoms with Crippen LogP contribution in [0.15, 0.2) is 108 Å². The molecule has 320 valence electrons. The summed E-state index contributed by atoms with van der Waals surface area (Å²) in [5.74, 6) is 0.300. The number of imidazole rings is 1. The average Bonchev–Trinajstić information content (AvgIpc) is 4.15. The number of aromatic nitrogens is 2. The van der Waals surface area contributed by atoms with Crippen LogP contribution < -0.4 is 10.6 Å². The molecule has 4 atom stereocenters. The number of hydrogen-bond acceptors (Lipinski definition) is 8. The maximum atomic E-state index is 14.3. The molecule has 0 bridgehead atoms. The van der Waals surface area contributed by atoms with E-state index in [4.69, 9.17) is 19.5 Å². The number of hydrogen-bond donors (Lipinski definition) is 3. The van der Waals surface area contributed by atoms with Crippen molar-refractivity contribution >= 4 is 46.1 Å². The zero-order chi connectivity index (χ0) is 43.5. The van der Waals surface area contributed by atoms with Gasteiger partial charge in [0.1, 0.15) is 17.4 Å². The van der Waals surface area contributed by atoms with Crippen molar-refractivity contribution in [1.29, 1.82) is 0 Å². The summed E-state index contributed by atoms with van der Waals surface area (Å²) in [6.45, 7) is 6.72. The number of carbonyl (C=O) groups is 4. The van der Waals surface area contributed by atoms with E-state index in [9.17, 15) is 19.2 Å². The molecule has 3 N–H and O–H groups in total. The third kappa shape index (κ3) is 8.31. The number of methoxy groups -OCH3 is 2. The van der Waals surface area contributed by atoms with Crippen molar-refractivity contribution in [1.82, 2.24) is 30.4 Å². The molecule has 0 unspecified atom stereocenters. The molecule has 62 heavy (non-hydrogen) atoms. The van der Waals surface area contributed by atoms with Crippen LogP contribution in [-0.2, 0) is 24.6 Å². The zero-order valence-corrected chi connectivity index (χ0v) is 35.8. The first kappa shape index (κ1) is 42.0. The summed E-state index contributed by atoms with van der Waals surface area (Å²) in [4.78, 5) is 69.1. The molecule has 0 aliphatic carbocycles. The number of amides is 4. The van der Waals surface area contributed by atoms with Gasteiger partial charge in [-0.15, -0.1) is 0 Å². The number of ether oxygens (including phenoxy) is 2. The van der Waals surface area contributed by atoms with E-state index in [0.717, 1.165) is 81.5 Å². The SMILES string of the molecule is COC(=O)N[C@H](C(=O)N1CCC[C@H]1c1ncc(-c2ccc3cc(-c4ccc(C5=CN=C([C@@H]6CCCN6C(=O)[C@](C)(NC(=O)OC)c6ccccc6)C5)cc4)ccc3c2)[nH]1)C(C)C. The van der Waals surface area contributed by atoms with E-state index in [-0.39, 0.29) is 29.8 Å². The van der Waals surface area contributed by atoms with Crippen LogP contribution in [0.3, 0.4) is 0 Å². The minimum Gasteiger partial charge on any atom is -0.453 e. The van der Waals surface area contributed by atoms with Gasteiger partial charge in [0.2, 0.25) is 5.91 Å². The van der Waals surface area contributed by atoms with Gasteiger partial charge in [0.15, 0.2) is 0 Å². The maximum Gasteiger partial charge on any atom is 0.407 e. The first-order chi connectivity index (χ1) is 30.0. The maximum absolute atomic E-state index is 14.3. The second-order valence-corrected chi connectivity index (χ2v) is 16.8. The molecule has 13 nitrogen and oxygen atoms in total. The van der Waals surface area contributed by atoms with Crippen LogP contribution in [0.25, 0.3) is 38.7 Å². The van der Waals surface area contributed by atoms with E-state index in [1.165, 1.54) is 14.2 Å². The van der Waals surface area contributed by atoms with Gasteiger partial charge >= 0.3 is 12.2 Å². The number of aliphatic imine (C=N–C) groups is 1. The molecule has 4 heterocycles. The van der Waals surface area contributed by atoms with Crippen LogP contribution >= 0.6 is 0 Å². The van der Waals surface area contributed by atoms with Crippen molar-refractivity contribution in [3.05, 3.63) is 120 Å². The third-order valence-corrected chi connectivity index (χ3v) is 12.6. The van der Waals surface area contributed by atoms with Crippen LogP contribution in [0.4, 0.5) is 9.59 Å². The second kappa shape index (κ2) is 17.7. The first-order valence-corrected chi connectivity index (χ1v) is 21.3. The fourth-order valence-corrected chi connectivity index (χ4v) is 9.06. The number of fused-ring (bicyclic) bond motifs is 1. The van der Waals surface area contributed by atoms with E-state index in [1.807, 2.05) is 66.4 Å². The van der Waals surface area contributed by atoms with Crippen molar-refractivity contribution < 1.29 is 28.7 Å². The number of carbonyl (C=O) groups excluding carboxylic acids is 4. The van der Waals surface area contributed by atoms with Crippen molar-refractivity contribution in [3.8, 4) is 22.4 Å². The van der Waals surface area contributed by atoms with Gasteiger partial charge in [-0.3, -0.25) is 14.6 Å². The molecule has 4 aromatic carbocycles. The quantitative estimate of drug-likeness (QED) is 0.121. The Morgan fingerprint density at radius 2 is 1.40 bits per heavy atom. The van der Waals surface area contributed by atoms with E-state index >= 15 is 0 Å². The smallest absolute Gasteiger partial charge is 0.407 e. The van der Waals surface area contributed by atoms with Gasteiger partial charge < -0.3 is 34.9 Å². The predicted molar refractivity (Wildman–Crippen MR) is 239 cm³/mol. The average molecular weight is 836 g/mol. The number of allylic oxidation sites excluding steroid dienone is 1. The summed E-state index contributed by atoms with van der Waals surface area (Å²) in [7, 11) is 2.59. The minimum absolute atomic E-state index is 0.106. The van der Waals surface area contributed by atoms with Gasteiger partial charge in [0.25, 0.3) is 5.91 Å². The first-order valence-electron chi connectivity index (χ1n) is 21.3. The van der Waals surface area contributed by atoms with Gasteiger partial charge in [-0.25, -0.2) is 14.6 Å². The van der Waals surface area contributed by atoms with Crippen LogP contribution in [0.1, 0.15) is 75.9 Å². The fourth-order valence-electron chi connectivity index (χ4n) is 9.06. The van der Waals surface area contributed by atoms with Gasteiger partial charge in [-0.2, -0.15) is 0 Å². The summed E-state index contributed by atoms with van der Waals surface area (Å²) >= 11 is 0. The predicted octanol–water partition coefficient (Wildman–Crippen LogP) is 8.39. The van der Waals surface area contributed by atoms with E-state index in [2.05, 4.69) is 76.3 Å². The molecule has 2 saturated heterocycles. The Morgan fingerprint density at radius 1 is 0.774 bits per heavy atom. The Kier molecular flexibility index (Phi) is 12.0. The fraction of sp³-hybridized carbons (Fsp3) is 0.347. The molecule has 5 aromatic rings. The Balaban J connectivity index is 0.921. The Hall–Kier alpha value is -6.76. The van der Waals surface area contributed by atoms with Crippen LogP contribution in [0.2, 0.25) is 0 Å². The molecule has 3 aliphatic rings. The van der Waals surface area contributed by atoms with Crippen molar-refractivity contribution in [2.75, 3.05) is 27.3 Å².